The Hall–Kier alpha value is -1.81. The van der Waals surface area contributed by atoms with E-state index in [4.69, 9.17) is 4.74 Å². The van der Waals surface area contributed by atoms with Crippen LogP contribution in [0.3, 0.4) is 0 Å². The summed E-state index contributed by atoms with van der Waals surface area (Å²) in [6, 6.07) is 8.40. The van der Waals surface area contributed by atoms with Gasteiger partial charge in [0.2, 0.25) is 5.91 Å². The first kappa shape index (κ1) is 13.2. The number of hydrogen-bond acceptors (Lipinski definition) is 2. The minimum atomic E-state index is 0.194. The second-order valence-electron chi connectivity index (χ2n) is 5.37. The molecule has 0 saturated carbocycles. The number of rotatable bonds is 3. The average Bonchev–Trinajstić information content (AvgIpc) is 2.88. The van der Waals surface area contributed by atoms with Gasteiger partial charge in [0.05, 0.1) is 19.3 Å². The summed E-state index contributed by atoms with van der Waals surface area (Å²) in [5, 5.41) is 1.22. The zero-order valence-electron chi connectivity index (χ0n) is 11.8. The number of carbonyl (C=O) groups is 1. The van der Waals surface area contributed by atoms with Crippen LogP contribution in [0.15, 0.2) is 30.5 Å². The fourth-order valence-corrected chi connectivity index (χ4v) is 2.82. The predicted molar refractivity (Wildman–Crippen MR) is 78.6 cm³/mol. The van der Waals surface area contributed by atoms with E-state index in [1.54, 1.807) is 0 Å². The van der Waals surface area contributed by atoms with Crippen LogP contribution >= 0.6 is 0 Å². The van der Waals surface area contributed by atoms with E-state index in [1.807, 2.05) is 30.2 Å². The molecule has 0 spiro atoms. The molecule has 1 aliphatic heterocycles. The molecule has 106 valence electrons. The number of amides is 1. The van der Waals surface area contributed by atoms with Gasteiger partial charge in [0, 0.05) is 30.1 Å². The number of nitrogens with one attached hydrogen (secondary N) is 1. The maximum atomic E-state index is 12.3. The molecule has 1 N–H and O–H groups in total. The summed E-state index contributed by atoms with van der Waals surface area (Å²) in [6.45, 7) is 4.07. The molecule has 4 nitrogen and oxygen atoms in total. The minimum Gasteiger partial charge on any atom is -0.377 e. The van der Waals surface area contributed by atoms with Crippen LogP contribution < -0.4 is 0 Å². The number of ether oxygens (including phenoxy) is 1. The number of aromatic amines is 1. The molecule has 1 aromatic heterocycles. The SMILES string of the molecule is C[C@@H]1COCCN1C(=O)CCc1c[nH]c2ccccc12. The Kier molecular flexibility index (Phi) is 3.74. The maximum Gasteiger partial charge on any atom is 0.223 e. The Bertz CT molecular complexity index is 605. The van der Waals surface area contributed by atoms with Crippen LogP contribution in [0.5, 0.6) is 0 Å². The molecule has 3 rings (SSSR count). The first-order valence-corrected chi connectivity index (χ1v) is 7.18. The van der Waals surface area contributed by atoms with E-state index in [9.17, 15) is 4.79 Å². The molecule has 2 aromatic rings. The first-order valence-electron chi connectivity index (χ1n) is 7.18. The molecule has 0 unspecified atom stereocenters. The van der Waals surface area contributed by atoms with Gasteiger partial charge in [-0.3, -0.25) is 4.79 Å². The lowest BCUT2D eigenvalue weighted by atomic mass is 10.1. The highest BCUT2D eigenvalue weighted by Gasteiger charge is 2.23. The van der Waals surface area contributed by atoms with E-state index in [0.717, 1.165) is 11.9 Å². The van der Waals surface area contributed by atoms with Crippen molar-refractivity contribution in [3.63, 3.8) is 0 Å². The van der Waals surface area contributed by atoms with Gasteiger partial charge in [0.15, 0.2) is 0 Å². The van der Waals surface area contributed by atoms with Crippen molar-refractivity contribution in [2.24, 2.45) is 0 Å². The third-order valence-corrected chi connectivity index (χ3v) is 3.97. The number of H-pyrrole nitrogens is 1. The largest absolute Gasteiger partial charge is 0.377 e. The lowest BCUT2D eigenvalue weighted by Gasteiger charge is -2.33. The summed E-state index contributed by atoms with van der Waals surface area (Å²) < 4.78 is 5.37. The van der Waals surface area contributed by atoms with Crippen LogP contribution in [0.1, 0.15) is 18.9 Å². The van der Waals surface area contributed by atoms with Gasteiger partial charge in [-0.25, -0.2) is 0 Å². The van der Waals surface area contributed by atoms with E-state index >= 15 is 0 Å². The number of carbonyl (C=O) groups excluding carboxylic acids is 1. The van der Waals surface area contributed by atoms with Crippen molar-refractivity contribution in [1.29, 1.82) is 0 Å². The van der Waals surface area contributed by atoms with Crippen LogP contribution in [0.2, 0.25) is 0 Å². The zero-order chi connectivity index (χ0) is 13.9. The van der Waals surface area contributed by atoms with E-state index in [1.165, 1.54) is 10.9 Å². The van der Waals surface area contributed by atoms with Crippen molar-refractivity contribution in [2.75, 3.05) is 19.8 Å². The number of aryl methyl sites for hydroxylation is 1. The Morgan fingerprint density at radius 3 is 3.15 bits per heavy atom. The standard InChI is InChI=1S/C16H20N2O2/c1-12-11-20-9-8-18(12)16(19)7-6-13-10-17-15-5-3-2-4-14(13)15/h2-5,10,12,17H,6-9,11H2,1H3/t12-/m1/s1. The Morgan fingerprint density at radius 2 is 2.30 bits per heavy atom. The second kappa shape index (κ2) is 5.67. The molecule has 1 aromatic carbocycles. The highest BCUT2D eigenvalue weighted by Crippen LogP contribution is 2.19. The molecular weight excluding hydrogens is 252 g/mol. The van der Waals surface area contributed by atoms with Crippen molar-refractivity contribution in [3.8, 4) is 0 Å². The van der Waals surface area contributed by atoms with E-state index in [-0.39, 0.29) is 11.9 Å². The fraction of sp³-hybridized carbons (Fsp3) is 0.438. The van der Waals surface area contributed by atoms with Crippen molar-refractivity contribution < 1.29 is 9.53 Å². The summed E-state index contributed by atoms with van der Waals surface area (Å²) in [4.78, 5) is 17.5. The molecule has 0 bridgehead atoms. The Morgan fingerprint density at radius 1 is 1.45 bits per heavy atom. The Labute approximate surface area is 118 Å². The summed E-state index contributed by atoms with van der Waals surface area (Å²) in [6.07, 6.45) is 3.36. The van der Waals surface area contributed by atoms with Gasteiger partial charge in [-0.1, -0.05) is 18.2 Å². The molecule has 2 heterocycles. The van der Waals surface area contributed by atoms with Crippen LogP contribution in [0.4, 0.5) is 0 Å². The molecule has 1 amide bonds. The fourth-order valence-electron chi connectivity index (χ4n) is 2.82. The number of fused-ring (bicyclic) bond motifs is 1. The van der Waals surface area contributed by atoms with Crippen molar-refractivity contribution in [2.45, 2.75) is 25.8 Å². The molecule has 1 fully saturated rings. The monoisotopic (exact) mass is 272 g/mol. The molecule has 0 radical (unpaired) electrons. The molecule has 1 saturated heterocycles. The number of aromatic nitrogens is 1. The zero-order valence-corrected chi connectivity index (χ0v) is 11.8. The van der Waals surface area contributed by atoms with E-state index in [2.05, 4.69) is 17.1 Å². The molecule has 20 heavy (non-hydrogen) atoms. The number of benzene rings is 1. The highest BCUT2D eigenvalue weighted by atomic mass is 16.5. The summed E-state index contributed by atoms with van der Waals surface area (Å²) in [5.74, 6) is 0.228. The summed E-state index contributed by atoms with van der Waals surface area (Å²) >= 11 is 0. The number of para-hydroxylation sites is 1. The van der Waals surface area contributed by atoms with Gasteiger partial charge in [-0.2, -0.15) is 0 Å². The molecule has 0 aliphatic carbocycles. The van der Waals surface area contributed by atoms with Crippen molar-refractivity contribution in [3.05, 3.63) is 36.0 Å². The van der Waals surface area contributed by atoms with Crippen LogP contribution in [-0.2, 0) is 16.0 Å². The molecule has 1 aliphatic rings. The highest BCUT2D eigenvalue weighted by molar-refractivity contribution is 5.84. The lowest BCUT2D eigenvalue weighted by Crippen LogP contribution is -2.47. The lowest BCUT2D eigenvalue weighted by molar-refractivity contribution is -0.139. The number of morpholine rings is 1. The van der Waals surface area contributed by atoms with Crippen molar-refractivity contribution in [1.82, 2.24) is 9.88 Å². The summed E-state index contributed by atoms with van der Waals surface area (Å²) in [5.41, 5.74) is 2.35. The quantitative estimate of drug-likeness (QED) is 0.932. The second-order valence-corrected chi connectivity index (χ2v) is 5.37. The molecular formula is C16H20N2O2. The predicted octanol–water partition coefficient (Wildman–Crippen LogP) is 2.35. The molecule has 4 heteroatoms. The van der Waals surface area contributed by atoms with Crippen LogP contribution in [0, 0.1) is 0 Å². The van der Waals surface area contributed by atoms with Crippen LogP contribution in [0.25, 0.3) is 10.9 Å². The van der Waals surface area contributed by atoms with Gasteiger partial charge in [0.25, 0.3) is 0 Å². The van der Waals surface area contributed by atoms with Gasteiger partial charge in [0.1, 0.15) is 0 Å². The van der Waals surface area contributed by atoms with Gasteiger partial charge < -0.3 is 14.6 Å². The van der Waals surface area contributed by atoms with E-state index < -0.39 is 0 Å². The van der Waals surface area contributed by atoms with Gasteiger partial charge in [-0.15, -0.1) is 0 Å². The van der Waals surface area contributed by atoms with Crippen LogP contribution in [-0.4, -0.2) is 41.6 Å². The topological polar surface area (TPSA) is 45.3 Å². The third kappa shape index (κ3) is 2.56. The molecule has 1 atom stereocenters. The Balaban J connectivity index is 1.65. The number of hydrogen-bond donors (Lipinski definition) is 1. The minimum absolute atomic E-state index is 0.194. The number of nitrogens with zero attached hydrogens (tertiary/aromatic N) is 1. The van der Waals surface area contributed by atoms with Gasteiger partial charge in [-0.05, 0) is 25.0 Å². The summed E-state index contributed by atoms with van der Waals surface area (Å²) in [7, 11) is 0. The maximum absolute atomic E-state index is 12.3. The van der Waals surface area contributed by atoms with Crippen molar-refractivity contribution >= 4 is 16.8 Å². The normalized spacial score (nSPS) is 19.4. The smallest absolute Gasteiger partial charge is 0.223 e. The average molecular weight is 272 g/mol. The van der Waals surface area contributed by atoms with Gasteiger partial charge >= 0.3 is 0 Å². The van der Waals surface area contributed by atoms with E-state index in [0.29, 0.717) is 26.2 Å². The first-order chi connectivity index (χ1) is 9.75. The third-order valence-electron chi connectivity index (χ3n) is 3.97.